The predicted octanol–water partition coefficient (Wildman–Crippen LogP) is 7.94. The molecule has 0 aliphatic carbocycles. The molecule has 11 heteroatoms. The third-order valence-electron chi connectivity index (χ3n) is 4.87. The van der Waals surface area contributed by atoms with Crippen molar-refractivity contribution in [3.8, 4) is 0 Å². The van der Waals surface area contributed by atoms with E-state index in [0.717, 1.165) is 18.4 Å². The molecule has 0 spiro atoms. The number of hydrogen-bond acceptors (Lipinski definition) is 2. The number of nitrogens with zero attached hydrogens (tertiary/aromatic N) is 1. The lowest BCUT2D eigenvalue weighted by molar-refractivity contribution is -0.143. The maximum Gasteiger partial charge on any atom is 0.416 e. The molecule has 0 fully saturated rings. The lowest BCUT2D eigenvalue weighted by Gasteiger charge is -2.15. The normalized spacial score (nSPS) is 14.2. The van der Waals surface area contributed by atoms with Gasteiger partial charge >= 0.3 is 12.4 Å². The zero-order valence-electron chi connectivity index (χ0n) is 22.2. The van der Waals surface area contributed by atoms with Gasteiger partial charge in [-0.05, 0) is 63.5 Å². The number of amides is 1. The largest absolute Gasteiger partial charge is 0.416 e. The molecule has 38 heavy (non-hydrogen) atoms. The van der Waals surface area contributed by atoms with E-state index in [0.29, 0.717) is 29.3 Å². The van der Waals surface area contributed by atoms with Crippen LogP contribution in [0.15, 0.2) is 69.2 Å². The first-order valence-corrected chi connectivity index (χ1v) is 12.1. The molecule has 1 aromatic rings. The van der Waals surface area contributed by atoms with E-state index in [1.54, 1.807) is 19.9 Å². The Morgan fingerprint density at radius 1 is 1.00 bits per heavy atom. The Hall–Kier alpha value is -3.01. The summed E-state index contributed by atoms with van der Waals surface area (Å²) in [5.74, 6) is -0.437. The monoisotopic (exact) mass is 565 g/mol. The topological polar surface area (TPSA) is 67.5 Å². The number of carbonyl (C=O) groups is 1. The fourth-order valence-electron chi connectivity index (χ4n) is 2.92. The maximum atomic E-state index is 12.7. The third-order valence-corrected chi connectivity index (χ3v) is 4.99. The summed E-state index contributed by atoms with van der Waals surface area (Å²) in [6.07, 6.45) is -0.621. The van der Waals surface area contributed by atoms with Crippen molar-refractivity contribution >= 4 is 23.3 Å². The SMILES string of the molecule is CCNC(=NC)c1cc(C(F)(F)F)cc(C(F)(F)F)c1.CC\C=C(C(N)=O)/C(/C=C(\C)CC)=C/C=C(\C)Cl. The van der Waals surface area contributed by atoms with Crippen LogP contribution in [0, 0.1) is 0 Å². The number of nitrogens with one attached hydrogen (secondary N) is 1. The standard InChI is InChI=1S/C15H22ClNO.C12H12F6N2/c1-5-7-14(15(17)18)13(9-8-12(4)16)10-11(3)6-2;1-3-20-10(19-2)7-4-8(11(13,14)15)6-9(5-7)12(16,17)18/h7-10H,5-6H2,1-4H3,(H2,17,18);4-6H,3H2,1-2H3,(H,19,20)/b11-10+,12-8+,13-9+,14-7+;. The van der Waals surface area contributed by atoms with Crippen LogP contribution in [0.25, 0.3) is 0 Å². The first kappa shape index (κ1) is 35.0. The molecule has 0 heterocycles. The second kappa shape index (κ2) is 16.1. The van der Waals surface area contributed by atoms with Crippen molar-refractivity contribution in [1.29, 1.82) is 0 Å². The molecule has 0 aliphatic rings. The molecule has 1 aromatic carbocycles. The van der Waals surface area contributed by atoms with E-state index in [1.807, 2.05) is 32.1 Å². The Balaban J connectivity index is 0.000000726. The van der Waals surface area contributed by atoms with Crippen LogP contribution in [-0.2, 0) is 17.1 Å². The van der Waals surface area contributed by atoms with Crippen LogP contribution in [0.5, 0.6) is 0 Å². The van der Waals surface area contributed by atoms with Gasteiger partial charge in [-0.1, -0.05) is 49.2 Å². The average Bonchev–Trinajstić information content (AvgIpc) is 2.82. The number of benzene rings is 1. The summed E-state index contributed by atoms with van der Waals surface area (Å²) in [6, 6.07) is 1.36. The van der Waals surface area contributed by atoms with Crippen molar-refractivity contribution < 1.29 is 31.1 Å². The van der Waals surface area contributed by atoms with Gasteiger partial charge in [0.1, 0.15) is 5.84 Å². The molecular formula is C27H34ClF6N3O. The highest BCUT2D eigenvalue weighted by Crippen LogP contribution is 2.36. The molecule has 0 aromatic heterocycles. The highest BCUT2D eigenvalue weighted by atomic mass is 35.5. The van der Waals surface area contributed by atoms with Gasteiger partial charge in [0.15, 0.2) is 0 Å². The minimum absolute atomic E-state index is 0.0240. The van der Waals surface area contributed by atoms with E-state index in [-0.39, 0.29) is 17.5 Å². The van der Waals surface area contributed by atoms with Gasteiger partial charge in [0, 0.05) is 29.8 Å². The first-order valence-electron chi connectivity index (χ1n) is 11.7. The Kier molecular flexibility index (Phi) is 14.8. The molecule has 212 valence electrons. The summed E-state index contributed by atoms with van der Waals surface area (Å²) in [7, 11) is 1.28. The number of amidine groups is 1. The highest BCUT2D eigenvalue weighted by Gasteiger charge is 2.37. The molecule has 1 rings (SSSR count). The van der Waals surface area contributed by atoms with Gasteiger partial charge in [0.25, 0.3) is 0 Å². The fraction of sp³-hybridized carbons (Fsp3) is 0.407. The van der Waals surface area contributed by atoms with Crippen LogP contribution < -0.4 is 11.1 Å². The van der Waals surface area contributed by atoms with E-state index < -0.39 is 29.4 Å². The summed E-state index contributed by atoms with van der Waals surface area (Å²) in [5.41, 5.74) is 4.98. The summed E-state index contributed by atoms with van der Waals surface area (Å²) < 4.78 is 76.0. The van der Waals surface area contributed by atoms with Crippen molar-refractivity contribution in [1.82, 2.24) is 5.32 Å². The quantitative estimate of drug-likeness (QED) is 0.110. The number of rotatable bonds is 8. The number of nitrogens with two attached hydrogens (primary N) is 1. The van der Waals surface area contributed by atoms with Crippen molar-refractivity contribution in [2.24, 2.45) is 10.7 Å². The smallest absolute Gasteiger partial charge is 0.370 e. The van der Waals surface area contributed by atoms with E-state index in [1.165, 1.54) is 12.6 Å². The Morgan fingerprint density at radius 3 is 1.87 bits per heavy atom. The van der Waals surface area contributed by atoms with Crippen molar-refractivity contribution in [2.45, 2.75) is 59.8 Å². The second-order valence-electron chi connectivity index (χ2n) is 8.01. The number of hydrogen-bond donors (Lipinski definition) is 2. The summed E-state index contributed by atoms with van der Waals surface area (Å²) in [5, 5.41) is 3.28. The Labute approximate surface area is 225 Å². The number of primary amides is 1. The van der Waals surface area contributed by atoms with Crippen LogP contribution in [0.4, 0.5) is 26.3 Å². The van der Waals surface area contributed by atoms with Gasteiger partial charge < -0.3 is 11.1 Å². The van der Waals surface area contributed by atoms with Crippen molar-refractivity contribution in [3.05, 3.63) is 80.9 Å². The third kappa shape index (κ3) is 12.5. The highest BCUT2D eigenvalue weighted by molar-refractivity contribution is 6.29. The average molecular weight is 566 g/mol. The predicted molar refractivity (Wildman–Crippen MR) is 142 cm³/mol. The van der Waals surface area contributed by atoms with Gasteiger partial charge in [-0.2, -0.15) is 26.3 Å². The van der Waals surface area contributed by atoms with E-state index in [9.17, 15) is 31.1 Å². The van der Waals surface area contributed by atoms with Crippen LogP contribution in [0.2, 0.25) is 0 Å². The van der Waals surface area contributed by atoms with Crippen LogP contribution in [0.3, 0.4) is 0 Å². The Morgan fingerprint density at radius 2 is 1.53 bits per heavy atom. The van der Waals surface area contributed by atoms with Gasteiger partial charge in [-0.25, -0.2) is 0 Å². The van der Waals surface area contributed by atoms with Gasteiger partial charge in [0.2, 0.25) is 5.91 Å². The van der Waals surface area contributed by atoms with E-state index in [2.05, 4.69) is 17.2 Å². The zero-order valence-corrected chi connectivity index (χ0v) is 23.0. The van der Waals surface area contributed by atoms with Gasteiger partial charge in [0.05, 0.1) is 11.1 Å². The number of alkyl halides is 6. The molecular weight excluding hydrogens is 532 g/mol. The van der Waals surface area contributed by atoms with Crippen LogP contribution >= 0.6 is 11.6 Å². The fourth-order valence-corrected chi connectivity index (χ4v) is 2.98. The molecule has 0 atom stereocenters. The Bertz CT molecular complexity index is 1060. The maximum absolute atomic E-state index is 12.7. The first-order chi connectivity index (χ1) is 17.5. The van der Waals surface area contributed by atoms with E-state index in [4.69, 9.17) is 17.3 Å². The van der Waals surface area contributed by atoms with Gasteiger partial charge in [-0.3, -0.25) is 9.79 Å². The molecule has 3 N–H and O–H groups in total. The molecule has 1 amide bonds. The summed E-state index contributed by atoms with van der Waals surface area (Å²) >= 11 is 5.81. The molecule has 4 nitrogen and oxygen atoms in total. The molecule has 0 unspecified atom stereocenters. The minimum Gasteiger partial charge on any atom is -0.370 e. The number of aliphatic imine (C=N–C) groups is 1. The number of carbonyl (C=O) groups excluding carboxylic acids is 1. The summed E-state index contributed by atoms with van der Waals surface area (Å²) in [6.45, 7) is 9.84. The molecule has 0 radical (unpaired) electrons. The summed E-state index contributed by atoms with van der Waals surface area (Å²) in [4.78, 5) is 15.1. The van der Waals surface area contributed by atoms with Crippen LogP contribution in [-0.4, -0.2) is 25.3 Å². The van der Waals surface area contributed by atoms with Crippen LogP contribution in [0.1, 0.15) is 64.2 Å². The van der Waals surface area contributed by atoms with E-state index >= 15 is 0 Å². The molecule has 0 aliphatic heterocycles. The molecule has 0 saturated heterocycles. The van der Waals surface area contributed by atoms with Crippen molar-refractivity contribution in [3.63, 3.8) is 0 Å². The number of allylic oxidation sites excluding steroid dienone is 6. The van der Waals surface area contributed by atoms with Gasteiger partial charge in [-0.15, -0.1) is 0 Å². The zero-order chi connectivity index (χ0) is 29.7. The van der Waals surface area contributed by atoms with Crippen molar-refractivity contribution in [2.75, 3.05) is 13.6 Å². The molecule has 0 saturated carbocycles. The molecule has 0 bridgehead atoms. The second-order valence-corrected chi connectivity index (χ2v) is 8.60. The number of halogens is 7. The minimum atomic E-state index is -4.86. The lowest BCUT2D eigenvalue weighted by Crippen LogP contribution is -2.25. The lowest BCUT2D eigenvalue weighted by atomic mass is 10.0.